The van der Waals surface area contributed by atoms with E-state index in [1.165, 1.54) is 24.2 Å². The van der Waals surface area contributed by atoms with Gasteiger partial charge in [-0.05, 0) is 50.9 Å². The number of hydrogen-bond donors (Lipinski definition) is 1. The molecule has 0 radical (unpaired) electrons. The van der Waals surface area contributed by atoms with Gasteiger partial charge in [0.1, 0.15) is 11.6 Å². The van der Waals surface area contributed by atoms with Crippen LogP contribution in [0, 0.1) is 6.92 Å². The van der Waals surface area contributed by atoms with Crippen LogP contribution >= 0.6 is 0 Å². The Morgan fingerprint density at radius 2 is 2.20 bits per heavy atom. The molecule has 1 N–H and O–H groups in total. The third-order valence-corrected chi connectivity index (χ3v) is 4.90. The summed E-state index contributed by atoms with van der Waals surface area (Å²) >= 11 is 0. The van der Waals surface area contributed by atoms with Gasteiger partial charge in [0.15, 0.2) is 0 Å². The minimum absolute atomic E-state index is 0.0122. The molecule has 2 aromatic rings. The average molecular weight is 343 g/mol. The molecule has 0 amide bonds. The Hall–Kier alpha value is -1.85. The average Bonchev–Trinajstić information content (AvgIpc) is 2.95. The zero-order valence-electron chi connectivity index (χ0n) is 15.5. The molecule has 5 heteroatoms. The van der Waals surface area contributed by atoms with Gasteiger partial charge in [-0.3, -0.25) is 4.90 Å². The van der Waals surface area contributed by atoms with Crippen LogP contribution in [0.15, 0.2) is 24.4 Å². The van der Waals surface area contributed by atoms with E-state index in [0.717, 1.165) is 36.6 Å². The van der Waals surface area contributed by atoms with E-state index in [1.54, 1.807) is 0 Å². The van der Waals surface area contributed by atoms with Crippen molar-refractivity contribution in [2.75, 3.05) is 19.7 Å². The highest BCUT2D eigenvalue weighted by atomic mass is 16.5. The van der Waals surface area contributed by atoms with E-state index in [-0.39, 0.29) is 6.61 Å². The van der Waals surface area contributed by atoms with Crippen molar-refractivity contribution in [2.24, 2.45) is 7.05 Å². The van der Waals surface area contributed by atoms with E-state index in [1.807, 2.05) is 13.0 Å². The number of aliphatic hydroxyl groups excluding tert-OH is 1. The summed E-state index contributed by atoms with van der Waals surface area (Å²) in [6.07, 6.45) is 4.50. The van der Waals surface area contributed by atoms with E-state index in [2.05, 4.69) is 41.8 Å². The van der Waals surface area contributed by atoms with Gasteiger partial charge in [0.05, 0.1) is 18.9 Å². The molecule has 0 unspecified atom stereocenters. The zero-order chi connectivity index (χ0) is 17.8. The third-order valence-electron chi connectivity index (χ3n) is 4.90. The first-order valence-electron chi connectivity index (χ1n) is 9.18. The maximum absolute atomic E-state index is 9.59. The van der Waals surface area contributed by atoms with Crippen molar-refractivity contribution in [3.05, 3.63) is 47.0 Å². The van der Waals surface area contributed by atoms with Gasteiger partial charge in [0, 0.05) is 37.8 Å². The van der Waals surface area contributed by atoms with E-state index in [9.17, 15) is 5.11 Å². The molecule has 0 spiro atoms. The van der Waals surface area contributed by atoms with Gasteiger partial charge in [-0.15, -0.1) is 0 Å². The molecule has 0 saturated carbocycles. The van der Waals surface area contributed by atoms with Gasteiger partial charge in [0.2, 0.25) is 0 Å². The largest absolute Gasteiger partial charge is 0.494 e. The second-order valence-electron chi connectivity index (χ2n) is 6.96. The summed E-state index contributed by atoms with van der Waals surface area (Å²) in [5, 5.41) is 9.59. The first-order valence-corrected chi connectivity index (χ1v) is 9.18. The lowest BCUT2D eigenvalue weighted by molar-refractivity contribution is 0.195. The molecule has 2 heterocycles. The minimum atomic E-state index is 0.0122. The number of hydrogen-bond acceptors (Lipinski definition) is 4. The second kappa shape index (κ2) is 8.02. The van der Waals surface area contributed by atoms with Gasteiger partial charge < -0.3 is 14.4 Å². The van der Waals surface area contributed by atoms with E-state index < -0.39 is 0 Å². The van der Waals surface area contributed by atoms with Crippen LogP contribution in [-0.4, -0.2) is 39.3 Å². The Morgan fingerprint density at radius 1 is 1.36 bits per heavy atom. The Morgan fingerprint density at radius 3 is 2.88 bits per heavy atom. The van der Waals surface area contributed by atoms with Crippen molar-refractivity contribution in [1.29, 1.82) is 0 Å². The fourth-order valence-corrected chi connectivity index (χ4v) is 3.83. The highest BCUT2D eigenvalue weighted by Crippen LogP contribution is 2.28. The monoisotopic (exact) mass is 343 g/mol. The van der Waals surface area contributed by atoms with Crippen molar-refractivity contribution < 1.29 is 9.84 Å². The lowest BCUT2D eigenvalue weighted by Crippen LogP contribution is -2.34. The molecule has 0 bridgehead atoms. The van der Waals surface area contributed by atoms with E-state index in [4.69, 9.17) is 9.72 Å². The van der Waals surface area contributed by atoms with Crippen molar-refractivity contribution in [2.45, 2.75) is 45.8 Å². The maximum atomic E-state index is 9.59. The van der Waals surface area contributed by atoms with Crippen LogP contribution in [0.4, 0.5) is 0 Å². The van der Waals surface area contributed by atoms with Crippen molar-refractivity contribution >= 4 is 0 Å². The minimum Gasteiger partial charge on any atom is -0.494 e. The third kappa shape index (κ3) is 4.22. The summed E-state index contributed by atoms with van der Waals surface area (Å²) < 4.78 is 7.75. The highest BCUT2D eigenvalue weighted by molar-refractivity contribution is 5.37. The van der Waals surface area contributed by atoms with E-state index in [0.29, 0.717) is 12.5 Å². The topological polar surface area (TPSA) is 50.5 Å². The Balaban J connectivity index is 1.69. The molecule has 1 aromatic heterocycles. The van der Waals surface area contributed by atoms with E-state index >= 15 is 0 Å². The lowest BCUT2D eigenvalue weighted by Gasteiger charge is -2.32. The summed E-state index contributed by atoms with van der Waals surface area (Å²) in [6.45, 7) is 7.69. The van der Waals surface area contributed by atoms with Gasteiger partial charge >= 0.3 is 0 Å². The molecule has 1 fully saturated rings. The quantitative estimate of drug-likeness (QED) is 0.876. The van der Waals surface area contributed by atoms with Crippen LogP contribution in [0.5, 0.6) is 5.75 Å². The molecule has 1 aromatic carbocycles. The van der Waals surface area contributed by atoms with Crippen LogP contribution in [0.25, 0.3) is 0 Å². The molecule has 0 aliphatic carbocycles. The van der Waals surface area contributed by atoms with Crippen LogP contribution < -0.4 is 4.74 Å². The fraction of sp³-hybridized carbons (Fsp3) is 0.550. The summed E-state index contributed by atoms with van der Waals surface area (Å²) in [5.41, 5.74) is 3.19. The molecule has 1 aliphatic heterocycles. The fourth-order valence-electron chi connectivity index (χ4n) is 3.83. The summed E-state index contributed by atoms with van der Waals surface area (Å²) in [5.74, 6) is 2.48. The van der Waals surface area contributed by atoms with Crippen LogP contribution in [0.2, 0.25) is 0 Å². The molecular weight excluding hydrogens is 314 g/mol. The predicted octanol–water partition coefficient (Wildman–Crippen LogP) is 3.00. The Kier molecular flexibility index (Phi) is 5.76. The molecule has 1 atom stereocenters. The second-order valence-corrected chi connectivity index (χ2v) is 6.96. The summed E-state index contributed by atoms with van der Waals surface area (Å²) in [7, 11) is 2.09. The molecular formula is C20H29N3O2. The molecule has 5 nitrogen and oxygen atoms in total. The Bertz CT molecular complexity index is 711. The van der Waals surface area contributed by atoms with Gasteiger partial charge in [0.25, 0.3) is 0 Å². The lowest BCUT2D eigenvalue weighted by atomic mass is 9.96. The van der Waals surface area contributed by atoms with Crippen molar-refractivity contribution in [3.8, 4) is 5.75 Å². The number of aliphatic hydroxyl groups is 1. The normalized spacial score (nSPS) is 18.5. The van der Waals surface area contributed by atoms with Crippen LogP contribution in [0.3, 0.4) is 0 Å². The smallest absolute Gasteiger partial charge is 0.124 e. The molecule has 1 aliphatic rings. The number of imidazole rings is 1. The van der Waals surface area contributed by atoms with Crippen LogP contribution in [-0.2, 0) is 20.2 Å². The first kappa shape index (κ1) is 18.0. The van der Waals surface area contributed by atoms with Crippen molar-refractivity contribution in [3.63, 3.8) is 0 Å². The molecule has 25 heavy (non-hydrogen) atoms. The first-order chi connectivity index (χ1) is 12.1. The molecule has 3 rings (SSSR count). The van der Waals surface area contributed by atoms with Crippen molar-refractivity contribution in [1.82, 2.24) is 14.5 Å². The Labute approximate surface area is 150 Å². The molecule has 136 valence electrons. The maximum Gasteiger partial charge on any atom is 0.124 e. The SMILES string of the molecule is CCOc1ccc(CN2CCC[C@@H](c3nc(C)cn3C)C2)cc1CO. The highest BCUT2D eigenvalue weighted by Gasteiger charge is 2.24. The summed E-state index contributed by atoms with van der Waals surface area (Å²) in [4.78, 5) is 7.22. The number of aryl methyl sites for hydroxylation is 2. The van der Waals surface area contributed by atoms with Crippen LogP contribution in [0.1, 0.15) is 48.3 Å². The number of benzene rings is 1. The van der Waals surface area contributed by atoms with Gasteiger partial charge in [-0.2, -0.15) is 0 Å². The predicted molar refractivity (Wildman–Crippen MR) is 98.7 cm³/mol. The van der Waals surface area contributed by atoms with Gasteiger partial charge in [-0.1, -0.05) is 6.07 Å². The number of ether oxygens (including phenoxy) is 1. The number of likely N-dealkylation sites (tertiary alicyclic amines) is 1. The number of piperidine rings is 1. The number of aromatic nitrogens is 2. The number of nitrogens with zero attached hydrogens (tertiary/aromatic N) is 3. The zero-order valence-corrected chi connectivity index (χ0v) is 15.5. The number of rotatable bonds is 6. The molecule has 1 saturated heterocycles. The van der Waals surface area contributed by atoms with Gasteiger partial charge in [-0.25, -0.2) is 4.98 Å². The summed E-state index contributed by atoms with van der Waals surface area (Å²) in [6, 6.07) is 6.16. The standard InChI is InChI=1S/C20H29N3O2/c1-4-25-19-8-7-16(10-18(19)14-24)12-23-9-5-6-17(13-23)20-21-15(2)11-22(20)3/h7-8,10-11,17,24H,4-6,9,12-14H2,1-3H3/t17-/m1/s1.